The van der Waals surface area contributed by atoms with Gasteiger partial charge in [-0.1, -0.05) is 41.5 Å². The molecule has 0 saturated heterocycles. The molecule has 0 heterocycles. The lowest BCUT2D eigenvalue weighted by Crippen LogP contribution is -2.43. The Bertz CT molecular complexity index is 546. The van der Waals surface area contributed by atoms with Gasteiger partial charge in [0.25, 0.3) is 0 Å². The maximum atomic E-state index is 10.4. The van der Waals surface area contributed by atoms with Gasteiger partial charge >= 0.3 is 0 Å². The highest BCUT2D eigenvalue weighted by Gasteiger charge is 2.29. The van der Waals surface area contributed by atoms with Crippen molar-refractivity contribution in [3.63, 3.8) is 0 Å². The molecule has 22 heavy (non-hydrogen) atoms. The van der Waals surface area contributed by atoms with Crippen LogP contribution < -0.4 is 5.32 Å². The van der Waals surface area contributed by atoms with Gasteiger partial charge in [-0.05, 0) is 71.2 Å². The summed E-state index contributed by atoms with van der Waals surface area (Å²) in [7, 11) is 2.04. The lowest BCUT2D eigenvalue weighted by atomic mass is 9.78. The zero-order chi connectivity index (χ0) is 16.6. The predicted molar refractivity (Wildman–Crippen MR) is 95.9 cm³/mol. The zero-order valence-corrected chi connectivity index (χ0v) is 14.6. The highest BCUT2D eigenvalue weighted by Crippen LogP contribution is 2.34. The van der Waals surface area contributed by atoms with Crippen LogP contribution in [0, 0.1) is 0 Å². The van der Waals surface area contributed by atoms with Crippen LogP contribution in [-0.2, 0) is 4.79 Å². The molecule has 1 rings (SSSR count). The SMILES string of the molecule is CNC1(C)CCCC(C)=C1/C=C/C(C)=C\C=C\C(C)=C\C=O. The molecule has 0 bridgehead atoms. The summed E-state index contributed by atoms with van der Waals surface area (Å²) in [6, 6.07) is 0. The molecule has 0 radical (unpaired) electrons. The Labute approximate surface area is 135 Å². The first-order valence-electron chi connectivity index (χ1n) is 7.97. The van der Waals surface area contributed by atoms with Gasteiger partial charge in [0.05, 0.1) is 0 Å². The summed E-state index contributed by atoms with van der Waals surface area (Å²) in [6.07, 6.45) is 16.4. The van der Waals surface area contributed by atoms with E-state index >= 15 is 0 Å². The lowest BCUT2D eigenvalue weighted by Gasteiger charge is -2.36. The maximum Gasteiger partial charge on any atom is 0.143 e. The molecule has 1 aliphatic rings. The molecule has 0 saturated carbocycles. The first-order valence-corrected chi connectivity index (χ1v) is 7.97. The molecule has 1 N–H and O–H groups in total. The van der Waals surface area contributed by atoms with Crippen LogP contribution in [0.4, 0.5) is 0 Å². The predicted octanol–water partition coefficient (Wildman–Crippen LogP) is 4.67. The van der Waals surface area contributed by atoms with Crippen molar-refractivity contribution >= 4 is 6.29 Å². The average molecular weight is 299 g/mol. The molecule has 2 heteroatoms. The molecule has 0 amide bonds. The van der Waals surface area contributed by atoms with E-state index in [1.165, 1.54) is 36.0 Å². The second-order valence-corrected chi connectivity index (χ2v) is 6.28. The summed E-state index contributed by atoms with van der Waals surface area (Å²) in [5, 5.41) is 3.47. The van der Waals surface area contributed by atoms with Gasteiger partial charge in [0.15, 0.2) is 0 Å². The second-order valence-electron chi connectivity index (χ2n) is 6.28. The Kier molecular flexibility index (Phi) is 7.26. The highest BCUT2D eigenvalue weighted by molar-refractivity contribution is 5.66. The molecule has 1 aliphatic carbocycles. The number of carbonyl (C=O) groups is 1. The fraction of sp³-hybridized carbons (Fsp3) is 0.450. The number of carbonyl (C=O) groups excluding carboxylic acids is 1. The van der Waals surface area contributed by atoms with Crippen molar-refractivity contribution in [2.75, 3.05) is 7.05 Å². The minimum Gasteiger partial charge on any atom is -0.311 e. The third-order valence-corrected chi connectivity index (χ3v) is 4.40. The maximum absolute atomic E-state index is 10.4. The Morgan fingerprint density at radius 3 is 2.50 bits per heavy atom. The van der Waals surface area contributed by atoms with Gasteiger partial charge < -0.3 is 5.32 Å². The van der Waals surface area contributed by atoms with E-state index < -0.39 is 0 Å². The number of aldehydes is 1. The topological polar surface area (TPSA) is 29.1 Å². The first kappa shape index (κ1) is 18.4. The van der Waals surface area contributed by atoms with Crippen LogP contribution in [0.3, 0.4) is 0 Å². The minimum atomic E-state index is 0.0816. The van der Waals surface area contributed by atoms with Crippen LogP contribution in [0.25, 0.3) is 0 Å². The first-order chi connectivity index (χ1) is 10.4. The molecule has 0 fully saturated rings. The largest absolute Gasteiger partial charge is 0.311 e. The van der Waals surface area contributed by atoms with Crippen molar-refractivity contribution < 1.29 is 4.79 Å². The van der Waals surface area contributed by atoms with E-state index in [0.29, 0.717) is 0 Å². The fourth-order valence-corrected chi connectivity index (χ4v) is 2.82. The number of nitrogens with one attached hydrogen (secondary N) is 1. The summed E-state index contributed by atoms with van der Waals surface area (Å²) < 4.78 is 0. The molecule has 0 aromatic carbocycles. The molecular formula is C20H29NO. The third-order valence-electron chi connectivity index (χ3n) is 4.40. The normalized spacial score (nSPS) is 24.6. The van der Waals surface area contributed by atoms with Crippen molar-refractivity contribution in [1.82, 2.24) is 5.32 Å². The average Bonchev–Trinajstić information content (AvgIpc) is 2.47. The van der Waals surface area contributed by atoms with Gasteiger partial charge in [0.1, 0.15) is 6.29 Å². The quantitative estimate of drug-likeness (QED) is 0.439. The van der Waals surface area contributed by atoms with E-state index in [4.69, 9.17) is 0 Å². The Morgan fingerprint density at radius 1 is 1.18 bits per heavy atom. The summed E-state index contributed by atoms with van der Waals surface area (Å²) in [6.45, 7) is 8.52. The lowest BCUT2D eigenvalue weighted by molar-refractivity contribution is -0.104. The molecule has 1 atom stereocenters. The van der Waals surface area contributed by atoms with Crippen molar-refractivity contribution in [2.24, 2.45) is 0 Å². The molecule has 1 unspecified atom stereocenters. The molecule has 0 spiro atoms. The monoisotopic (exact) mass is 299 g/mol. The van der Waals surface area contributed by atoms with Crippen LogP contribution in [0.1, 0.15) is 47.0 Å². The van der Waals surface area contributed by atoms with Gasteiger partial charge in [0, 0.05) is 5.54 Å². The molecule has 0 aromatic heterocycles. The molecular weight excluding hydrogens is 270 g/mol. The highest BCUT2D eigenvalue weighted by atomic mass is 16.1. The zero-order valence-electron chi connectivity index (χ0n) is 14.6. The van der Waals surface area contributed by atoms with Gasteiger partial charge in [-0.2, -0.15) is 0 Å². The Balaban J connectivity index is 2.86. The standard InChI is InChI=1S/C20H29NO/c1-16(8-6-9-17(2)13-15-22)11-12-19-18(3)10-7-14-20(19,4)21-5/h6,8-9,11-13,15,21H,7,10,14H2,1-5H3/b9-6+,12-11+,16-8-,17-13+. The van der Waals surface area contributed by atoms with Gasteiger partial charge in [-0.3, -0.25) is 4.79 Å². The van der Waals surface area contributed by atoms with Crippen molar-refractivity contribution in [2.45, 2.75) is 52.5 Å². The summed E-state index contributed by atoms with van der Waals surface area (Å²) in [4.78, 5) is 10.4. The van der Waals surface area contributed by atoms with Crippen LogP contribution in [0.2, 0.25) is 0 Å². The molecule has 120 valence electrons. The number of hydrogen-bond donors (Lipinski definition) is 1. The van der Waals surface area contributed by atoms with E-state index in [-0.39, 0.29) is 5.54 Å². The van der Waals surface area contributed by atoms with Crippen LogP contribution in [0.5, 0.6) is 0 Å². The van der Waals surface area contributed by atoms with E-state index in [1.54, 1.807) is 6.08 Å². The van der Waals surface area contributed by atoms with Crippen molar-refractivity contribution in [3.05, 3.63) is 58.7 Å². The van der Waals surface area contributed by atoms with E-state index in [9.17, 15) is 4.79 Å². The summed E-state index contributed by atoms with van der Waals surface area (Å²) >= 11 is 0. The summed E-state index contributed by atoms with van der Waals surface area (Å²) in [5.74, 6) is 0. The number of allylic oxidation sites excluding steroid dienone is 8. The second kappa shape index (κ2) is 8.70. The molecule has 0 aliphatic heterocycles. The van der Waals surface area contributed by atoms with Crippen molar-refractivity contribution in [3.8, 4) is 0 Å². The van der Waals surface area contributed by atoms with Crippen LogP contribution in [0.15, 0.2) is 58.7 Å². The number of likely N-dealkylation sites (N-methyl/N-ethyl adjacent to an activating group) is 1. The molecule has 0 aromatic rings. The number of hydrogen-bond acceptors (Lipinski definition) is 2. The van der Waals surface area contributed by atoms with E-state index in [2.05, 4.69) is 44.3 Å². The third kappa shape index (κ3) is 5.27. The summed E-state index contributed by atoms with van der Waals surface area (Å²) in [5.41, 5.74) is 5.12. The smallest absolute Gasteiger partial charge is 0.143 e. The van der Waals surface area contributed by atoms with Gasteiger partial charge in [0.2, 0.25) is 0 Å². The minimum absolute atomic E-state index is 0.0816. The Hall–Kier alpha value is -1.67. The van der Waals surface area contributed by atoms with Crippen LogP contribution in [-0.4, -0.2) is 18.9 Å². The number of rotatable bonds is 6. The van der Waals surface area contributed by atoms with Crippen LogP contribution >= 0.6 is 0 Å². The van der Waals surface area contributed by atoms with E-state index in [1.807, 2.05) is 26.1 Å². The van der Waals surface area contributed by atoms with Gasteiger partial charge in [-0.25, -0.2) is 0 Å². The van der Waals surface area contributed by atoms with E-state index in [0.717, 1.165) is 11.9 Å². The molecule has 2 nitrogen and oxygen atoms in total. The van der Waals surface area contributed by atoms with Crippen molar-refractivity contribution in [1.29, 1.82) is 0 Å². The van der Waals surface area contributed by atoms with Gasteiger partial charge in [-0.15, -0.1) is 0 Å². The fourth-order valence-electron chi connectivity index (χ4n) is 2.82. The Morgan fingerprint density at radius 2 is 1.86 bits per heavy atom.